The molecule has 0 aliphatic rings. The largest absolute Gasteiger partial charge is 0.497 e. The van der Waals surface area contributed by atoms with Crippen molar-refractivity contribution in [2.45, 2.75) is 6.54 Å². The summed E-state index contributed by atoms with van der Waals surface area (Å²) in [5.74, 6) is 1.91. The summed E-state index contributed by atoms with van der Waals surface area (Å²) in [6, 6.07) is 17.5. The minimum Gasteiger partial charge on any atom is -0.497 e. The normalized spacial score (nSPS) is 10.1. The van der Waals surface area contributed by atoms with Crippen LogP contribution in [0.2, 0.25) is 0 Å². The van der Waals surface area contributed by atoms with Crippen LogP contribution in [0.15, 0.2) is 60.9 Å². The average molecular weight is 336 g/mol. The van der Waals surface area contributed by atoms with Crippen LogP contribution in [-0.2, 0) is 6.54 Å². The van der Waals surface area contributed by atoms with Gasteiger partial charge >= 0.3 is 0 Å². The van der Waals surface area contributed by atoms with Gasteiger partial charge in [0.2, 0.25) is 0 Å². The molecule has 0 aliphatic heterocycles. The summed E-state index contributed by atoms with van der Waals surface area (Å²) < 4.78 is 5.15. The van der Waals surface area contributed by atoms with Gasteiger partial charge in [0.05, 0.1) is 12.8 Å². The second-order valence-electron chi connectivity index (χ2n) is 5.30. The number of ether oxygens (including phenoxy) is 1. The Morgan fingerprint density at radius 2 is 1.64 bits per heavy atom. The molecule has 0 aliphatic carbocycles. The van der Waals surface area contributed by atoms with Crippen LogP contribution in [0.1, 0.15) is 5.56 Å². The maximum absolute atomic E-state index is 6.15. The molecule has 0 bridgehead atoms. The van der Waals surface area contributed by atoms with E-state index in [1.54, 1.807) is 7.11 Å². The highest BCUT2D eigenvalue weighted by Gasteiger charge is 2.07. The summed E-state index contributed by atoms with van der Waals surface area (Å²) >= 11 is 0. The van der Waals surface area contributed by atoms with E-state index in [9.17, 15) is 0 Å². The lowest BCUT2D eigenvalue weighted by Gasteiger charge is -2.14. The predicted octanol–water partition coefficient (Wildman–Crippen LogP) is 3.12. The van der Waals surface area contributed by atoms with Gasteiger partial charge in [-0.25, -0.2) is 9.97 Å². The number of benzene rings is 2. The number of nitrogen functional groups attached to an aromatic ring is 1. The van der Waals surface area contributed by atoms with Crippen LogP contribution in [0.4, 0.5) is 23.0 Å². The lowest BCUT2D eigenvalue weighted by Crippen LogP contribution is -2.14. The molecule has 0 saturated carbocycles. The molecule has 3 rings (SSSR count). The number of nitrogens with zero attached hydrogens (tertiary/aromatic N) is 2. The molecule has 0 fully saturated rings. The van der Waals surface area contributed by atoms with Crippen molar-refractivity contribution in [2.24, 2.45) is 0 Å². The van der Waals surface area contributed by atoms with Gasteiger partial charge in [0, 0.05) is 6.54 Å². The molecule has 25 heavy (non-hydrogen) atoms. The van der Waals surface area contributed by atoms with E-state index in [4.69, 9.17) is 10.5 Å². The molecule has 0 unspecified atom stereocenters. The van der Waals surface area contributed by atoms with Gasteiger partial charge in [-0.3, -0.25) is 10.9 Å². The molecule has 7 heteroatoms. The molecule has 128 valence electrons. The maximum atomic E-state index is 6.15. The zero-order valence-corrected chi connectivity index (χ0v) is 13.9. The van der Waals surface area contributed by atoms with Gasteiger partial charge in [0.1, 0.15) is 17.8 Å². The summed E-state index contributed by atoms with van der Waals surface area (Å²) in [7, 11) is 1.65. The van der Waals surface area contributed by atoms with E-state index >= 15 is 0 Å². The fourth-order valence-electron chi connectivity index (χ4n) is 2.22. The van der Waals surface area contributed by atoms with Crippen molar-refractivity contribution in [3.05, 3.63) is 66.5 Å². The first-order valence-corrected chi connectivity index (χ1v) is 7.80. The monoisotopic (exact) mass is 336 g/mol. The zero-order chi connectivity index (χ0) is 17.5. The summed E-state index contributed by atoms with van der Waals surface area (Å²) in [4.78, 5) is 8.37. The van der Waals surface area contributed by atoms with E-state index in [-0.39, 0.29) is 0 Å². The number of hydrazine groups is 1. The Morgan fingerprint density at radius 1 is 0.920 bits per heavy atom. The van der Waals surface area contributed by atoms with Crippen LogP contribution in [0.3, 0.4) is 0 Å². The van der Waals surface area contributed by atoms with Crippen molar-refractivity contribution >= 4 is 23.0 Å². The van der Waals surface area contributed by atoms with Crippen molar-refractivity contribution in [1.29, 1.82) is 0 Å². The van der Waals surface area contributed by atoms with E-state index in [0.29, 0.717) is 23.9 Å². The fraction of sp³-hybridized carbons (Fsp3) is 0.111. The Hall–Kier alpha value is -3.48. The number of hydrogen-bond acceptors (Lipinski definition) is 7. The Bertz CT molecular complexity index is 808. The van der Waals surface area contributed by atoms with Crippen LogP contribution < -0.4 is 26.6 Å². The minimum absolute atomic E-state index is 0.444. The molecular weight excluding hydrogens is 316 g/mol. The van der Waals surface area contributed by atoms with Crippen LogP contribution in [0, 0.1) is 0 Å². The second kappa shape index (κ2) is 7.87. The quantitative estimate of drug-likeness (QED) is 0.492. The molecule has 0 radical (unpaired) electrons. The number of nitrogens with one attached hydrogen (secondary N) is 3. The number of methoxy groups -OCH3 is 1. The third kappa shape index (κ3) is 4.29. The molecule has 0 saturated heterocycles. The lowest BCUT2D eigenvalue weighted by atomic mass is 10.2. The summed E-state index contributed by atoms with van der Waals surface area (Å²) in [6.07, 6.45) is 1.46. The molecule has 1 aromatic heterocycles. The molecule has 2 aromatic carbocycles. The summed E-state index contributed by atoms with van der Waals surface area (Å²) in [5.41, 5.74) is 14.6. The molecular formula is C18H20N6O. The topological polar surface area (TPSA) is 97.1 Å². The van der Waals surface area contributed by atoms with Crippen molar-refractivity contribution in [2.75, 3.05) is 29.0 Å². The first kappa shape index (κ1) is 16.4. The van der Waals surface area contributed by atoms with Gasteiger partial charge in [-0.1, -0.05) is 30.3 Å². The van der Waals surface area contributed by atoms with Gasteiger partial charge in [-0.2, -0.15) is 0 Å². The van der Waals surface area contributed by atoms with Crippen LogP contribution >= 0.6 is 0 Å². The van der Waals surface area contributed by atoms with E-state index < -0.39 is 0 Å². The van der Waals surface area contributed by atoms with Gasteiger partial charge in [-0.05, 0) is 29.8 Å². The molecule has 1 heterocycles. The highest BCUT2D eigenvalue weighted by Crippen LogP contribution is 2.23. The molecule has 0 spiro atoms. The first-order valence-electron chi connectivity index (χ1n) is 7.80. The maximum Gasteiger partial charge on any atom is 0.173 e. The molecule has 5 N–H and O–H groups in total. The highest BCUT2D eigenvalue weighted by atomic mass is 16.5. The summed E-state index contributed by atoms with van der Waals surface area (Å²) in [5, 5.41) is 3.22. The molecule has 0 amide bonds. The van der Waals surface area contributed by atoms with Crippen molar-refractivity contribution in [1.82, 2.24) is 9.97 Å². The number of para-hydroxylation sites is 1. The van der Waals surface area contributed by atoms with E-state index in [0.717, 1.165) is 17.0 Å². The SMILES string of the molecule is COc1ccc(CNc2ncnc(NNc3ccccc3)c2N)cc1. The zero-order valence-electron chi connectivity index (χ0n) is 13.9. The fourth-order valence-corrected chi connectivity index (χ4v) is 2.22. The number of hydrogen-bond donors (Lipinski definition) is 4. The van der Waals surface area contributed by atoms with Gasteiger partial charge in [0.25, 0.3) is 0 Å². The first-order chi connectivity index (χ1) is 12.3. The third-order valence-electron chi connectivity index (χ3n) is 3.60. The number of rotatable bonds is 7. The lowest BCUT2D eigenvalue weighted by molar-refractivity contribution is 0.414. The Balaban J connectivity index is 1.63. The van der Waals surface area contributed by atoms with Crippen molar-refractivity contribution in [3.63, 3.8) is 0 Å². The van der Waals surface area contributed by atoms with Gasteiger partial charge in [0.15, 0.2) is 11.6 Å². The van der Waals surface area contributed by atoms with Crippen molar-refractivity contribution in [3.8, 4) is 5.75 Å². The standard InChI is InChI=1S/C18H20N6O/c1-25-15-9-7-13(8-10-15)11-20-17-16(19)18(22-12-21-17)24-23-14-5-3-2-4-6-14/h2-10,12,23H,11,19H2,1H3,(H2,20,21,22,24). The van der Waals surface area contributed by atoms with E-state index in [1.165, 1.54) is 6.33 Å². The van der Waals surface area contributed by atoms with Gasteiger partial charge in [-0.15, -0.1) is 0 Å². The van der Waals surface area contributed by atoms with Gasteiger partial charge < -0.3 is 15.8 Å². The Kier molecular flexibility index (Phi) is 5.16. The number of nitrogens with two attached hydrogens (primary N) is 1. The average Bonchev–Trinajstić information content (AvgIpc) is 2.67. The molecule has 3 aromatic rings. The van der Waals surface area contributed by atoms with Crippen LogP contribution in [-0.4, -0.2) is 17.1 Å². The Morgan fingerprint density at radius 3 is 2.36 bits per heavy atom. The third-order valence-corrected chi connectivity index (χ3v) is 3.60. The van der Waals surface area contributed by atoms with E-state index in [1.807, 2.05) is 54.6 Å². The van der Waals surface area contributed by atoms with Crippen LogP contribution in [0.5, 0.6) is 5.75 Å². The highest BCUT2D eigenvalue weighted by molar-refractivity contribution is 5.75. The van der Waals surface area contributed by atoms with Crippen molar-refractivity contribution < 1.29 is 4.74 Å². The Labute approximate surface area is 146 Å². The smallest absolute Gasteiger partial charge is 0.173 e. The van der Waals surface area contributed by atoms with E-state index in [2.05, 4.69) is 26.1 Å². The van der Waals surface area contributed by atoms with Crippen LogP contribution in [0.25, 0.3) is 0 Å². The molecule has 0 atom stereocenters. The minimum atomic E-state index is 0.444. The summed E-state index contributed by atoms with van der Waals surface area (Å²) in [6.45, 7) is 0.594. The second-order valence-corrected chi connectivity index (χ2v) is 5.30. The number of aromatic nitrogens is 2. The molecule has 7 nitrogen and oxygen atoms in total. The number of anilines is 4. The predicted molar refractivity (Wildman–Crippen MR) is 100 cm³/mol.